The molecule has 0 saturated heterocycles. The highest BCUT2D eigenvalue weighted by molar-refractivity contribution is 5.88. The summed E-state index contributed by atoms with van der Waals surface area (Å²) in [5.41, 5.74) is 3.70. The lowest BCUT2D eigenvalue weighted by Crippen LogP contribution is -2.15. The highest BCUT2D eigenvalue weighted by Gasteiger charge is 2.03. The lowest BCUT2D eigenvalue weighted by atomic mass is 10.1. The number of benzene rings is 1. The number of hydrogen-bond acceptors (Lipinski definition) is 2. The highest BCUT2D eigenvalue weighted by atomic mass is 16.1. The topological polar surface area (TPSA) is 41.1 Å². The molecule has 1 aromatic carbocycles. The third-order valence-corrected chi connectivity index (χ3v) is 3.36. The van der Waals surface area contributed by atoms with Gasteiger partial charge in [-0.3, -0.25) is 4.79 Å². The van der Waals surface area contributed by atoms with Gasteiger partial charge in [0.1, 0.15) is 0 Å². The molecule has 0 aliphatic heterocycles. The molecule has 102 valence electrons. The zero-order valence-electron chi connectivity index (χ0n) is 11.5. The van der Waals surface area contributed by atoms with Gasteiger partial charge < -0.3 is 10.6 Å². The summed E-state index contributed by atoms with van der Waals surface area (Å²) in [6.45, 7) is 3.44. The molecule has 0 aromatic heterocycles. The van der Waals surface area contributed by atoms with Crippen LogP contribution in [0.1, 0.15) is 38.2 Å². The van der Waals surface area contributed by atoms with Crippen molar-refractivity contribution >= 4 is 11.6 Å². The summed E-state index contributed by atoms with van der Waals surface area (Å²) in [7, 11) is 0. The maximum Gasteiger partial charge on any atom is 0.221 e. The van der Waals surface area contributed by atoms with Gasteiger partial charge in [0.05, 0.1) is 0 Å². The second kappa shape index (κ2) is 7.10. The zero-order valence-corrected chi connectivity index (χ0v) is 11.5. The van der Waals surface area contributed by atoms with Crippen LogP contribution in [0.25, 0.3) is 0 Å². The number of carbonyl (C=O) groups is 1. The molecule has 0 radical (unpaired) electrons. The first kappa shape index (κ1) is 13.8. The van der Waals surface area contributed by atoms with Crippen molar-refractivity contribution in [1.82, 2.24) is 5.32 Å². The van der Waals surface area contributed by atoms with Crippen LogP contribution in [-0.4, -0.2) is 12.5 Å². The fraction of sp³-hybridized carbons (Fsp3) is 0.438. The van der Waals surface area contributed by atoms with Gasteiger partial charge >= 0.3 is 0 Å². The number of carbonyl (C=O) groups excluding carboxylic acids is 1. The van der Waals surface area contributed by atoms with E-state index in [1.807, 2.05) is 24.3 Å². The summed E-state index contributed by atoms with van der Waals surface area (Å²) in [6, 6.07) is 7.98. The minimum atomic E-state index is -0.0317. The third kappa shape index (κ3) is 4.87. The predicted octanol–water partition coefficient (Wildman–Crippen LogP) is 3.24. The average molecular weight is 258 g/mol. The van der Waals surface area contributed by atoms with Gasteiger partial charge in [0.15, 0.2) is 0 Å². The molecule has 2 N–H and O–H groups in total. The van der Waals surface area contributed by atoms with Gasteiger partial charge in [-0.15, -0.1) is 0 Å². The van der Waals surface area contributed by atoms with Crippen LogP contribution in [0.4, 0.5) is 5.69 Å². The SMILES string of the molecule is CC(=O)Nc1ccc(CNCCC2=CCCC2)cc1. The molecule has 0 heterocycles. The molecule has 0 saturated carbocycles. The van der Waals surface area contributed by atoms with Gasteiger partial charge in [-0.2, -0.15) is 0 Å². The molecule has 0 atom stereocenters. The van der Waals surface area contributed by atoms with Gasteiger partial charge in [0, 0.05) is 19.2 Å². The molecule has 0 bridgehead atoms. The highest BCUT2D eigenvalue weighted by Crippen LogP contribution is 2.19. The van der Waals surface area contributed by atoms with Crippen LogP contribution in [0.3, 0.4) is 0 Å². The van der Waals surface area contributed by atoms with Gasteiger partial charge in [-0.05, 0) is 49.9 Å². The lowest BCUT2D eigenvalue weighted by molar-refractivity contribution is -0.114. The van der Waals surface area contributed by atoms with Crippen LogP contribution in [0, 0.1) is 0 Å². The van der Waals surface area contributed by atoms with Crippen LogP contribution < -0.4 is 10.6 Å². The van der Waals surface area contributed by atoms with Crippen molar-refractivity contribution in [3.63, 3.8) is 0 Å². The predicted molar refractivity (Wildman–Crippen MR) is 79.0 cm³/mol. The molecule has 1 aliphatic carbocycles. The third-order valence-electron chi connectivity index (χ3n) is 3.36. The maximum atomic E-state index is 10.9. The molecule has 0 spiro atoms. The Morgan fingerprint density at radius 1 is 1.26 bits per heavy atom. The smallest absolute Gasteiger partial charge is 0.221 e. The first-order chi connectivity index (χ1) is 9.24. The van der Waals surface area contributed by atoms with Crippen LogP contribution in [-0.2, 0) is 11.3 Å². The monoisotopic (exact) mass is 258 g/mol. The molecular weight excluding hydrogens is 236 g/mol. The Morgan fingerprint density at radius 3 is 2.68 bits per heavy atom. The molecule has 0 unspecified atom stereocenters. The van der Waals surface area contributed by atoms with E-state index in [4.69, 9.17) is 0 Å². The van der Waals surface area contributed by atoms with Gasteiger partial charge in [-0.25, -0.2) is 0 Å². The number of nitrogens with one attached hydrogen (secondary N) is 2. The maximum absolute atomic E-state index is 10.9. The van der Waals surface area contributed by atoms with Crippen LogP contribution in [0.5, 0.6) is 0 Å². The Balaban J connectivity index is 1.69. The number of hydrogen-bond donors (Lipinski definition) is 2. The Kier molecular flexibility index (Phi) is 5.16. The first-order valence-corrected chi connectivity index (χ1v) is 6.99. The largest absolute Gasteiger partial charge is 0.326 e. The minimum absolute atomic E-state index is 0.0317. The van der Waals surface area contributed by atoms with E-state index in [9.17, 15) is 4.79 Å². The molecule has 0 fully saturated rings. The Morgan fingerprint density at radius 2 is 2.05 bits per heavy atom. The van der Waals surface area contributed by atoms with Gasteiger partial charge in [-0.1, -0.05) is 23.8 Å². The summed E-state index contributed by atoms with van der Waals surface area (Å²) in [5, 5.41) is 6.23. The van der Waals surface area contributed by atoms with E-state index >= 15 is 0 Å². The van der Waals surface area contributed by atoms with Crippen molar-refractivity contribution in [1.29, 1.82) is 0 Å². The summed E-state index contributed by atoms with van der Waals surface area (Å²) < 4.78 is 0. The van der Waals surface area contributed by atoms with Crippen molar-refractivity contribution in [2.45, 2.75) is 39.2 Å². The fourth-order valence-corrected chi connectivity index (χ4v) is 2.36. The van der Waals surface area contributed by atoms with Crippen molar-refractivity contribution in [3.05, 3.63) is 41.5 Å². The molecule has 3 nitrogen and oxygen atoms in total. The van der Waals surface area contributed by atoms with Crippen LogP contribution in [0.15, 0.2) is 35.9 Å². The second-order valence-corrected chi connectivity index (χ2v) is 5.06. The molecule has 1 aromatic rings. The molecule has 2 rings (SSSR count). The Hall–Kier alpha value is -1.61. The van der Waals surface area contributed by atoms with Crippen LogP contribution in [0.2, 0.25) is 0 Å². The lowest BCUT2D eigenvalue weighted by Gasteiger charge is -2.07. The molecule has 3 heteroatoms. The quantitative estimate of drug-likeness (QED) is 0.607. The van der Waals surface area contributed by atoms with E-state index in [0.717, 1.165) is 18.8 Å². The van der Waals surface area contributed by atoms with Crippen LogP contribution >= 0.6 is 0 Å². The number of anilines is 1. The first-order valence-electron chi connectivity index (χ1n) is 6.99. The standard InChI is InChI=1S/C16H22N2O/c1-13(19)18-16-8-6-15(7-9-16)12-17-11-10-14-4-2-3-5-14/h4,6-9,17H,2-3,5,10-12H2,1H3,(H,18,19). The molecular formula is C16H22N2O. The number of allylic oxidation sites excluding steroid dienone is 1. The zero-order chi connectivity index (χ0) is 13.5. The summed E-state index contributed by atoms with van der Waals surface area (Å²) in [4.78, 5) is 10.9. The summed E-state index contributed by atoms with van der Waals surface area (Å²) >= 11 is 0. The summed E-state index contributed by atoms with van der Waals surface area (Å²) in [5.74, 6) is -0.0317. The van der Waals surface area contributed by atoms with Crippen molar-refractivity contribution in [3.8, 4) is 0 Å². The Bertz CT molecular complexity index is 448. The van der Waals surface area contributed by atoms with Gasteiger partial charge in [0.2, 0.25) is 5.91 Å². The summed E-state index contributed by atoms with van der Waals surface area (Å²) in [6.07, 6.45) is 7.43. The van der Waals surface area contributed by atoms with E-state index in [1.165, 1.54) is 38.2 Å². The second-order valence-electron chi connectivity index (χ2n) is 5.06. The van der Waals surface area contributed by atoms with E-state index in [2.05, 4.69) is 16.7 Å². The fourth-order valence-electron chi connectivity index (χ4n) is 2.36. The average Bonchev–Trinajstić information content (AvgIpc) is 2.89. The van der Waals surface area contributed by atoms with Crippen molar-refractivity contribution in [2.24, 2.45) is 0 Å². The molecule has 1 aliphatic rings. The van der Waals surface area contributed by atoms with Crippen molar-refractivity contribution < 1.29 is 4.79 Å². The van der Waals surface area contributed by atoms with E-state index in [-0.39, 0.29) is 5.91 Å². The van der Waals surface area contributed by atoms with E-state index < -0.39 is 0 Å². The van der Waals surface area contributed by atoms with Gasteiger partial charge in [0.25, 0.3) is 0 Å². The number of rotatable bonds is 6. The van der Waals surface area contributed by atoms with E-state index in [0.29, 0.717) is 0 Å². The van der Waals surface area contributed by atoms with Crippen molar-refractivity contribution in [2.75, 3.05) is 11.9 Å². The minimum Gasteiger partial charge on any atom is -0.326 e. The molecule has 1 amide bonds. The normalized spacial score (nSPS) is 14.3. The Labute approximate surface area is 115 Å². The molecule has 19 heavy (non-hydrogen) atoms. The van der Waals surface area contributed by atoms with E-state index in [1.54, 1.807) is 5.57 Å². The number of amides is 1.